The van der Waals surface area contributed by atoms with Crippen molar-refractivity contribution in [3.05, 3.63) is 41.7 Å². The molecule has 2 N–H and O–H groups in total. The van der Waals surface area contributed by atoms with Gasteiger partial charge in [-0.25, -0.2) is 14.1 Å². The molecule has 0 spiro atoms. The first-order valence-electron chi connectivity index (χ1n) is 6.66. The lowest BCUT2D eigenvalue weighted by molar-refractivity contribution is 0.284. The van der Waals surface area contributed by atoms with Crippen LogP contribution in [0.15, 0.2) is 24.5 Å². The molecule has 0 aliphatic carbocycles. The summed E-state index contributed by atoms with van der Waals surface area (Å²) in [5.74, 6) is 0.828. The van der Waals surface area contributed by atoms with Gasteiger partial charge in [-0.15, -0.1) is 0 Å². The van der Waals surface area contributed by atoms with Crippen LogP contribution in [-0.4, -0.2) is 14.8 Å². The van der Waals surface area contributed by atoms with Gasteiger partial charge in [0.1, 0.15) is 24.5 Å². The highest BCUT2D eigenvalue weighted by Gasteiger charge is 2.09. The molecule has 0 unspecified atom stereocenters. The molecule has 108 valence electrons. The van der Waals surface area contributed by atoms with E-state index in [9.17, 15) is 4.39 Å². The van der Waals surface area contributed by atoms with E-state index in [4.69, 9.17) is 10.5 Å². The van der Waals surface area contributed by atoms with Crippen molar-refractivity contribution in [3.8, 4) is 5.75 Å². The number of nitrogens with two attached hydrogens (primary N) is 1. The molecule has 1 aromatic carbocycles. The molecular weight excluding hydrogens is 259 g/mol. The summed E-state index contributed by atoms with van der Waals surface area (Å²) in [6, 6.07) is 4.37. The van der Waals surface area contributed by atoms with Crippen LogP contribution >= 0.6 is 0 Å². The van der Waals surface area contributed by atoms with Crippen molar-refractivity contribution in [2.45, 2.75) is 39.5 Å². The third-order valence-electron chi connectivity index (χ3n) is 2.96. The molecule has 1 heterocycles. The SMILES string of the molecule is CCCn1ncnc1COc1ccc([C@@H](C)N)c(F)c1. The fourth-order valence-corrected chi connectivity index (χ4v) is 1.91. The maximum Gasteiger partial charge on any atom is 0.164 e. The molecule has 0 saturated carbocycles. The summed E-state index contributed by atoms with van der Waals surface area (Å²) in [5.41, 5.74) is 6.14. The molecule has 0 aliphatic heterocycles. The quantitative estimate of drug-likeness (QED) is 0.881. The maximum absolute atomic E-state index is 13.8. The molecule has 6 heteroatoms. The van der Waals surface area contributed by atoms with E-state index in [1.807, 2.05) is 0 Å². The maximum atomic E-state index is 13.8. The number of aryl methyl sites for hydroxylation is 1. The fraction of sp³-hybridized carbons (Fsp3) is 0.429. The van der Waals surface area contributed by atoms with Crippen LogP contribution in [0, 0.1) is 5.82 Å². The average Bonchev–Trinajstić information content (AvgIpc) is 2.84. The zero-order chi connectivity index (χ0) is 14.5. The third-order valence-corrected chi connectivity index (χ3v) is 2.96. The van der Waals surface area contributed by atoms with Crippen molar-refractivity contribution >= 4 is 0 Å². The molecule has 0 amide bonds. The number of hydrogen-bond acceptors (Lipinski definition) is 4. The summed E-state index contributed by atoms with van der Waals surface area (Å²) >= 11 is 0. The predicted molar refractivity (Wildman–Crippen MR) is 73.6 cm³/mol. The molecule has 2 aromatic rings. The summed E-state index contributed by atoms with van der Waals surface area (Å²) in [5, 5.41) is 4.11. The van der Waals surface area contributed by atoms with Crippen molar-refractivity contribution in [1.29, 1.82) is 0 Å². The van der Waals surface area contributed by atoms with Crippen LogP contribution in [0.4, 0.5) is 4.39 Å². The average molecular weight is 278 g/mol. The van der Waals surface area contributed by atoms with Gasteiger partial charge in [0.15, 0.2) is 5.82 Å². The summed E-state index contributed by atoms with van der Waals surface area (Å²) < 4.78 is 21.1. The Morgan fingerprint density at radius 3 is 2.90 bits per heavy atom. The summed E-state index contributed by atoms with van der Waals surface area (Å²) in [7, 11) is 0. The van der Waals surface area contributed by atoms with Crippen LogP contribution in [0.25, 0.3) is 0 Å². The van der Waals surface area contributed by atoms with Gasteiger partial charge in [0, 0.05) is 24.2 Å². The third kappa shape index (κ3) is 3.33. The van der Waals surface area contributed by atoms with Gasteiger partial charge in [0.25, 0.3) is 0 Å². The number of aromatic nitrogens is 3. The van der Waals surface area contributed by atoms with E-state index in [1.54, 1.807) is 23.7 Å². The first kappa shape index (κ1) is 14.5. The molecule has 0 bridgehead atoms. The number of rotatable bonds is 6. The van der Waals surface area contributed by atoms with E-state index in [1.165, 1.54) is 12.4 Å². The number of ether oxygens (including phenoxy) is 1. The molecule has 1 aromatic heterocycles. The molecule has 20 heavy (non-hydrogen) atoms. The van der Waals surface area contributed by atoms with Gasteiger partial charge in [-0.05, 0) is 19.4 Å². The summed E-state index contributed by atoms with van der Waals surface area (Å²) in [6.45, 7) is 4.86. The zero-order valence-electron chi connectivity index (χ0n) is 11.7. The molecule has 0 radical (unpaired) electrons. The topological polar surface area (TPSA) is 66.0 Å². The molecular formula is C14H19FN4O. The lowest BCUT2D eigenvalue weighted by atomic mass is 10.1. The smallest absolute Gasteiger partial charge is 0.164 e. The molecule has 0 fully saturated rings. The minimum Gasteiger partial charge on any atom is -0.486 e. The van der Waals surface area contributed by atoms with Crippen LogP contribution in [0.5, 0.6) is 5.75 Å². The highest BCUT2D eigenvalue weighted by Crippen LogP contribution is 2.21. The largest absolute Gasteiger partial charge is 0.486 e. The Bertz CT molecular complexity index is 568. The minimum absolute atomic E-state index is 0.261. The Labute approximate surface area is 117 Å². The number of hydrogen-bond donors (Lipinski definition) is 1. The second-order valence-corrected chi connectivity index (χ2v) is 4.66. The van der Waals surface area contributed by atoms with E-state index in [0.717, 1.165) is 18.8 Å². The number of benzene rings is 1. The second-order valence-electron chi connectivity index (χ2n) is 4.66. The zero-order valence-corrected chi connectivity index (χ0v) is 11.7. The Kier molecular flexibility index (Phi) is 4.68. The molecule has 2 rings (SSSR count). The van der Waals surface area contributed by atoms with Crippen molar-refractivity contribution in [2.24, 2.45) is 5.73 Å². The Balaban J connectivity index is 2.04. The van der Waals surface area contributed by atoms with E-state index in [2.05, 4.69) is 17.0 Å². The normalized spacial score (nSPS) is 12.4. The number of halogens is 1. The van der Waals surface area contributed by atoms with E-state index >= 15 is 0 Å². The van der Waals surface area contributed by atoms with Gasteiger partial charge >= 0.3 is 0 Å². The Morgan fingerprint density at radius 2 is 2.25 bits per heavy atom. The molecule has 1 atom stereocenters. The van der Waals surface area contributed by atoms with Gasteiger partial charge < -0.3 is 10.5 Å². The first-order chi connectivity index (χ1) is 9.61. The van der Waals surface area contributed by atoms with Crippen molar-refractivity contribution in [1.82, 2.24) is 14.8 Å². The van der Waals surface area contributed by atoms with E-state index in [0.29, 0.717) is 11.3 Å². The van der Waals surface area contributed by atoms with Crippen LogP contribution in [0.2, 0.25) is 0 Å². The minimum atomic E-state index is -0.354. The monoisotopic (exact) mass is 278 g/mol. The lowest BCUT2D eigenvalue weighted by Crippen LogP contribution is -2.09. The van der Waals surface area contributed by atoms with Crippen LogP contribution < -0.4 is 10.5 Å². The van der Waals surface area contributed by atoms with Gasteiger partial charge in [-0.3, -0.25) is 0 Å². The van der Waals surface area contributed by atoms with Gasteiger partial charge in [0.05, 0.1) is 0 Å². The second kappa shape index (κ2) is 6.47. The molecule has 5 nitrogen and oxygen atoms in total. The lowest BCUT2D eigenvalue weighted by Gasteiger charge is -2.10. The fourth-order valence-electron chi connectivity index (χ4n) is 1.91. The Hall–Kier alpha value is -1.95. The molecule has 0 aliphatic rings. The first-order valence-corrected chi connectivity index (χ1v) is 6.66. The van der Waals surface area contributed by atoms with Crippen molar-refractivity contribution < 1.29 is 9.13 Å². The summed E-state index contributed by atoms with van der Waals surface area (Å²) in [6.07, 6.45) is 2.46. The van der Waals surface area contributed by atoms with E-state index in [-0.39, 0.29) is 18.5 Å². The van der Waals surface area contributed by atoms with Gasteiger partial charge in [-0.1, -0.05) is 13.0 Å². The van der Waals surface area contributed by atoms with Crippen LogP contribution in [0.3, 0.4) is 0 Å². The number of nitrogens with zero attached hydrogens (tertiary/aromatic N) is 3. The highest BCUT2D eigenvalue weighted by atomic mass is 19.1. The van der Waals surface area contributed by atoms with E-state index < -0.39 is 0 Å². The predicted octanol–water partition coefficient (Wildman–Crippen LogP) is 2.43. The summed E-state index contributed by atoms with van der Waals surface area (Å²) in [4.78, 5) is 4.13. The van der Waals surface area contributed by atoms with Gasteiger partial charge in [0.2, 0.25) is 0 Å². The van der Waals surface area contributed by atoms with Crippen molar-refractivity contribution in [3.63, 3.8) is 0 Å². The molecule has 0 saturated heterocycles. The van der Waals surface area contributed by atoms with Crippen LogP contribution in [0.1, 0.15) is 37.7 Å². The standard InChI is InChI=1S/C14H19FN4O/c1-3-6-19-14(17-9-18-19)8-20-11-4-5-12(10(2)16)13(15)7-11/h4-5,7,9-10H,3,6,8,16H2,1-2H3/t10-/m1/s1. The Morgan fingerprint density at radius 1 is 1.45 bits per heavy atom. The van der Waals surface area contributed by atoms with Crippen molar-refractivity contribution in [2.75, 3.05) is 0 Å². The highest BCUT2D eigenvalue weighted by molar-refractivity contribution is 5.30. The van der Waals surface area contributed by atoms with Gasteiger partial charge in [-0.2, -0.15) is 5.10 Å². The van der Waals surface area contributed by atoms with Crippen LogP contribution in [-0.2, 0) is 13.2 Å².